The molecule has 3 aromatic heterocycles. The topological polar surface area (TPSA) is 76.8 Å². The van der Waals surface area contributed by atoms with Crippen LogP contribution in [0.1, 0.15) is 23.8 Å². The molecule has 0 atom stereocenters. The molecule has 26 heavy (non-hydrogen) atoms. The summed E-state index contributed by atoms with van der Waals surface area (Å²) in [5.74, 6) is 1.05. The van der Waals surface area contributed by atoms with Gasteiger partial charge in [0.05, 0.1) is 12.2 Å². The summed E-state index contributed by atoms with van der Waals surface area (Å²) in [7, 11) is 0. The molecular weight excluding hydrogens is 348 g/mol. The molecule has 132 valence electrons. The van der Waals surface area contributed by atoms with Crippen LogP contribution in [0.5, 0.6) is 0 Å². The number of nitrogens with zero attached hydrogens (tertiary/aromatic N) is 6. The van der Waals surface area contributed by atoms with E-state index in [0.717, 1.165) is 29.5 Å². The van der Waals surface area contributed by atoms with Crippen molar-refractivity contribution >= 4 is 16.5 Å². The fourth-order valence-electron chi connectivity index (χ4n) is 3.18. The van der Waals surface area contributed by atoms with Gasteiger partial charge in [0.2, 0.25) is 5.13 Å². The van der Waals surface area contributed by atoms with Gasteiger partial charge in [-0.2, -0.15) is 5.10 Å². The van der Waals surface area contributed by atoms with Crippen LogP contribution >= 0.6 is 11.3 Å². The summed E-state index contributed by atoms with van der Waals surface area (Å²) in [4.78, 5) is 18.5. The van der Waals surface area contributed by atoms with Crippen molar-refractivity contribution in [2.45, 2.75) is 25.3 Å². The van der Waals surface area contributed by atoms with Crippen molar-refractivity contribution in [1.82, 2.24) is 25.0 Å². The van der Waals surface area contributed by atoms with Gasteiger partial charge in [0.25, 0.3) is 5.56 Å². The van der Waals surface area contributed by atoms with Crippen LogP contribution in [0.25, 0.3) is 11.3 Å². The predicted octanol–water partition coefficient (Wildman–Crippen LogP) is 2.17. The number of hydrogen-bond acceptors (Lipinski definition) is 7. The number of pyridine rings is 1. The SMILES string of the molecule is O=c1ccc(-c2cccnc2)nn1CC1CN(c2nnc(C3CC3)s2)C1. The summed E-state index contributed by atoms with van der Waals surface area (Å²) in [5.41, 5.74) is 1.62. The third kappa shape index (κ3) is 3.01. The minimum absolute atomic E-state index is 0.0666. The predicted molar refractivity (Wildman–Crippen MR) is 99.3 cm³/mol. The molecule has 4 heterocycles. The minimum atomic E-state index is -0.0666. The summed E-state index contributed by atoms with van der Waals surface area (Å²) in [6.45, 7) is 2.41. The standard InChI is InChI=1S/C18H18N6OS/c25-16-6-5-15(14-2-1-7-19-8-14)22-24(16)11-12-9-23(10-12)18-21-20-17(26-18)13-3-4-13/h1-2,5-8,12-13H,3-4,9-11H2. The lowest BCUT2D eigenvalue weighted by atomic mass is 10.0. The van der Waals surface area contributed by atoms with Crippen LogP contribution in [0.2, 0.25) is 0 Å². The highest BCUT2D eigenvalue weighted by Gasteiger charge is 2.33. The van der Waals surface area contributed by atoms with Crippen LogP contribution in [-0.4, -0.2) is 38.1 Å². The maximum absolute atomic E-state index is 12.2. The smallest absolute Gasteiger partial charge is 0.266 e. The van der Waals surface area contributed by atoms with Gasteiger partial charge in [0.1, 0.15) is 5.01 Å². The van der Waals surface area contributed by atoms with Crippen molar-refractivity contribution in [2.75, 3.05) is 18.0 Å². The number of hydrogen-bond donors (Lipinski definition) is 0. The molecule has 0 bridgehead atoms. The number of rotatable bonds is 5. The van der Waals surface area contributed by atoms with Crippen molar-refractivity contribution in [3.63, 3.8) is 0 Å². The van der Waals surface area contributed by atoms with Crippen molar-refractivity contribution in [2.24, 2.45) is 5.92 Å². The Labute approximate surface area is 154 Å². The fourth-order valence-corrected chi connectivity index (χ4v) is 4.21. The monoisotopic (exact) mass is 366 g/mol. The van der Waals surface area contributed by atoms with Gasteiger partial charge in [-0.05, 0) is 31.0 Å². The Morgan fingerprint density at radius 2 is 2.04 bits per heavy atom. The third-order valence-electron chi connectivity index (χ3n) is 4.84. The Hall–Kier alpha value is -2.61. The van der Waals surface area contributed by atoms with E-state index in [0.29, 0.717) is 18.4 Å². The van der Waals surface area contributed by atoms with E-state index < -0.39 is 0 Å². The Balaban J connectivity index is 1.26. The highest BCUT2D eigenvalue weighted by Crippen LogP contribution is 2.43. The van der Waals surface area contributed by atoms with Crippen molar-refractivity contribution in [1.29, 1.82) is 0 Å². The molecule has 0 spiro atoms. The van der Waals surface area contributed by atoms with Gasteiger partial charge in [-0.25, -0.2) is 4.68 Å². The van der Waals surface area contributed by atoms with E-state index >= 15 is 0 Å². The summed E-state index contributed by atoms with van der Waals surface area (Å²) in [6.07, 6.45) is 5.98. The first kappa shape index (κ1) is 15.6. The molecule has 1 aliphatic carbocycles. The van der Waals surface area contributed by atoms with Gasteiger partial charge in [-0.3, -0.25) is 9.78 Å². The zero-order valence-corrected chi connectivity index (χ0v) is 15.0. The first-order valence-corrected chi connectivity index (χ1v) is 9.65. The zero-order valence-electron chi connectivity index (χ0n) is 14.2. The largest absolute Gasteiger partial charge is 0.346 e. The summed E-state index contributed by atoms with van der Waals surface area (Å²) < 4.78 is 1.57. The first-order valence-electron chi connectivity index (χ1n) is 8.83. The fraction of sp³-hybridized carbons (Fsp3) is 0.389. The molecule has 0 aromatic carbocycles. The van der Waals surface area contributed by atoms with E-state index in [2.05, 4.69) is 25.2 Å². The summed E-state index contributed by atoms with van der Waals surface area (Å²) in [5, 5.41) is 15.3. The van der Waals surface area contributed by atoms with Crippen molar-refractivity contribution in [3.8, 4) is 11.3 Å². The molecule has 0 unspecified atom stereocenters. The molecule has 2 fully saturated rings. The minimum Gasteiger partial charge on any atom is -0.346 e. The molecule has 1 aliphatic heterocycles. The van der Waals surface area contributed by atoms with Crippen LogP contribution in [0.3, 0.4) is 0 Å². The van der Waals surface area contributed by atoms with Crippen LogP contribution in [0.15, 0.2) is 41.5 Å². The molecule has 1 saturated carbocycles. The number of anilines is 1. The van der Waals surface area contributed by atoms with Crippen LogP contribution < -0.4 is 10.5 Å². The van der Waals surface area contributed by atoms with Gasteiger partial charge in [-0.15, -0.1) is 10.2 Å². The Bertz CT molecular complexity index is 975. The van der Waals surface area contributed by atoms with Crippen LogP contribution in [0.4, 0.5) is 5.13 Å². The molecule has 8 heteroatoms. The normalized spacial score (nSPS) is 17.3. The van der Waals surface area contributed by atoms with Gasteiger partial charge in [0.15, 0.2) is 0 Å². The Kier molecular flexibility index (Phi) is 3.77. The summed E-state index contributed by atoms with van der Waals surface area (Å²) in [6, 6.07) is 7.15. The first-order chi connectivity index (χ1) is 12.8. The lowest BCUT2D eigenvalue weighted by Gasteiger charge is -2.38. The van der Waals surface area contributed by atoms with Gasteiger partial charge in [-0.1, -0.05) is 11.3 Å². The molecule has 0 radical (unpaired) electrons. The van der Waals surface area contributed by atoms with E-state index in [-0.39, 0.29) is 5.56 Å². The molecule has 3 aromatic rings. The van der Waals surface area contributed by atoms with Crippen LogP contribution in [0, 0.1) is 5.92 Å². The second-order valence-electron chi connectivity index (χ2n) is 6.95. The van der Waals surface area contributed by atoms with E-state index in [1.165, 1.54) is 17.8 Å². The molecule has 5 rings (SSSR count). The lowest BCUT2D eigenvalue weighted by molar-refractivity contribution is 0.334. The molecule has 0 amide bonds. The van der Waals surface area contributed by atoms with Crippen molar-refractivity contribution < 1.29 is 0 Å². The number of aromatic nitrogens is 5. The molecule has 1 saturated heterocycles. The van der Waals surface area contributed by atoms with Gasteiger partial charge in [0, 0.05) is 48.9 Å². The van der Waals surface area contributed by atoms with Gasteiger partial charge >= 0.3 is 0 Å². The van der Waals surface area contributed by atoms with E-state index in [1.54, 1.807) is 40.5 Å². The summed E-state index contributed by atoms with van der Waals surface area (Å²) >= 11 is 1.71. The molecule has 2 aliphatic rings. The second-order valence-corrected chi connectivity index (χ2v) is 7.94. The third-order valence-corrected chi connectivity index (χ3v) is 5.99. The Morgan fingerprint density at radius 1 is 1.15 bits per heavy atom. The van der Waals surface area contributed by atoms with E-state index in [9.17, 15) is 4.79 Å². The highest BCUT2D eigenvalue weighted by molar-refractivity contribution is 7.15. The molecule has 7 nitrogen and oxygen atoms in total. The van der Waals surface area contributed by atoms with Crippen molar-refractivity contribution in [3.05, 3.63) is 52.0 Å². The maximum atomic E-state index is 12.2. The lowest BCUT2D eigenvalue weighted by Crippen LogP contribution is -2.49. The zero-order chi connectivity index (χ0) is 17.5. The molecular formula is C18H18N6OS. The average Bonchev–Trinajstić information content (AvgIpc) is 3.38. The second kappa shape index (κ2) is 6.28. The van der Waals surface area contributed by atoms with E-state index in [1.807, 2.05) is 12.1 Å². The maximum Gasteiger partial charge on any atom is 0.266 e. The van der Waals surface area contributed by atoms with E-state index in [4.69, 9.17) is 0 Å². The Morgan fingerprint density at radius 3 is 2.81 bits per heavy atom. The van der Waals surface area contributed by atoms with Gasteiger partial charge < -0.3 is 4.90 Å². The highest BCUT2D eigenvalue weighted by atomic mass is 32.1. The average molecular weight is 366 g/mol. The quantitative estimate of drug-likeness (QED) is 0.689. The molecule has 0 N–H and O–H groups in total. The van der Waals surface area contributed by atoms with Crippen LogP contribution in [-0.2, 0) is 6.54 Å².